The highest BCUT2D eigenvalue weighted by Crippen LogP contribution is 2.17. The Bertz CT molecular complexity index is 167. The molecule has 2 N–H and O–H groups in total. The third-order valence-electron chi connectivity index (χ3n) is 2.00. The zero-order chi connectivity index (χ0) is 10.5. The molecule has 0 bridgehead atoms. The molecule has 0 saturated heterocycles. The van der Waals surface area contributed by atoms with Gasteiger partial charge in [-0.2, -0.15) is 0 Å². The zero-order valence-corrected chi connectivity index (χ0v) is 9.19. The molecule has 0 aromatic carbocycles. The van der Waals surface area contributed by atoms with E-state index < -0.39 is 5.41 Å². The molecule has 0 aliphatic carbocycles. The molecule has 0 aliphatic rings. The van der Waals surface area contributed by atoms with Crippen molar-refractivity contribution in [3.8, 4) is 0 Å². The van der Waals surface area contributed by atoms with Gasteiger partial charge in [0.25, 0.3) is 0 Å². The lowest BCUT2D eigenvalue weighted by Crippen LogP contribution is -2.45. The topological polar surface area (TPSA) is 49.3 Å². The van der Waals surface area contributed by atoms with E-state index in [2.05, 4.69) is 5.32 Å². The quantitative estimate of drug-likeness (QED) is 0.665. The van der Waals surface area contributed by atoms with Gasteiger partial charge < -0.3 is 10.4 Å². The number of hydrogen-bond acceptors (Lipinski definition) is 2. The average molecular weight is 208 g/mol. The lowest BCUT2D eigenvalue weighted by Gasteiger charge is -2.23. The van der Waals surface area contributed by atoms with Crippen molar-refractivity contribution in [1.29, 1.82) is 0 Å². The molecule has 1 atom stereocenters. The van der Waals surface area contributed by atoms with Crippen LogP contribution >= 0.6 is 11.6 Å². The van der Waals surface area contributed by atoms with E-state index in [9.17, 15) is 4.79 Å². The maximum absolute atomic E-state index is 11.5. The molecule has 0 radical (unpaired) electrons. The summed E-state index contributed by atoms with van der Waals surface area (Å²) < 4.78 is 0. The summed E-state index contributed by atoms with van der Waals surface area (Å²) in [6, 6.07) is -0.157. The van der Waals surface area contributed by atoms with Crippen LogP contribution in [0.4, 0.5) is 0 Å². The molecular formula is C9H18ClNO2. The molecule has 0 heterocycles. The van der Waals surface area contributed by atoms with E-state index in [4.69, 9.17) is 16.7 Å². The van der Waals surface area contributed by atoms with Gasteiger partial charge in [-0.1, -0.05) is 6.92 Å². The lowest BCUT2D eigenvalue weighted by atomic mass is 9.95. The summed E-state index contributed by atoms with van der Waals surface area (Å²) in [5.41, 5.74) is -0.565. The zero-order valence-electron chi connectivity index (χ0n) is 8.43. The molecule has 0 fully saturated rings. The van der Waals surface area contributed by atoms with Crippen LogP contribution < -0.4 is 5.32 Å². The molecule has 0 aromatic heterocycles. The lowest BCUT2D eigenvalue weighted by molar-refractivity contribution is -0.129. The molecular weight excluding hydrogens is 190 g/mol. The SMILES string of the molecule is CCC(CO)NC(=O)C(C)(C)CCl. The number of carbonyl (C=O) groups is 1. The second-order valence-corrected chi connectivity index (χ2v) is 4.05. The minimum atomic E-state index is -0.565. The Balaban J connectivity index is 4.13. The summed E-state index contributed by atoms with van der Waals surface area (Å²) in [6.07, 6.45) is 0.723. The predicted molar refractivity (Wildman–Crippen MR) is 53.8 cm³/mol. The Labute approximate surface area is 84.5 Å². The summed E-state index contributed by atoms with van der Waals surface area (Å²) in [4.78, 5) is 11.5. The molecule has 78 valence electrons. The van der Waals surface area contributed by atoms with E-state index in [1.165, 1.54) is 0 Å². The van der Waals surface area contributed by atoms with Crippen LogP contribution in [-0.2, 0) is 4.79 Å². The van der Waals surface area contributed by atoms with Crippen molar-refractivity contribution in [3.63, 3.8) is 0 Å². The van der Waals surface area contributed by atoms with Gasteiger partial charge in [-0.15, -0.1) is 11.6 Å². The molecule has 0 aliphatic heterocycles. The standard InChI is InChI=1S/C9H18ClNO2/c1-4-7(5-12)11-8(13)9(2,3)6-10/h7,12H,4-6H2,1-3H3,(H,11,13). The Morgan fingerprint density at radius 1 is 1.62 bits per heavy atom. The van der Waals surface area contributed by atoms with Gasteiger partial charge in [0.15, 0.2) is 0 Å². The van der Waals surface area contributed by atoms with Gasteiger partial charge in [0, 0.05) is 5.88 Å². The van der Waals surface area contributed by atoms with Crippen LogP contribution in [0.1, 0.15) is 27.2 Å². The number of hydrogen-bond donors (Lipinski definition) is 2. The molecule has 1 amide bonds. The molecule has 0 spiro atoms. The number of amides is 1. The van der Waals surface area contributed by atoms with Crippen LogP contribution in [0.15, 0.2) is 0 Å². The van der Waals surface area contributed by atoms with Gasteiger partial charge >= 0.3 is 0 Å². The highest BCUT2D eigenvalue weighted by atomic mass is 35.5. The first-order chi connectivity index (χ1) is 5.97. The van der Waals surface area contributed by atoms with Gasteiger partial charge in [0.2, 0.25) is 5.91 Å². The summed E-state index contributed by atoms with van der Waals surface area (Å²) in [7, 11) is 0. The molecule has 0 saturated carbocycles. The Kier molecular flexibility index (Phi) is 5.33. The van der Waals surface area contributed by atoms with E-state index in [1.807, 2.05) is 6.92 Å². The van der Waals surface area contributed by atoms with Crippen molar-refractivity contribution in [2.45, 2.75) is 33.2 Å². The van der Waals surface area contributed by atoms with Crippen LogP contribution in [0.25, 0.3) is 0 Å². The normalized spacial score (nSPS) is 13.9. The van der Waals surface area contributed by atoms with Crippen LogP contribution in [0.3, 0.4) is 0 Å². The molecule has 0 aromatic rings. The average Bonchev–Trinajstić information content (AvgIpc) is 2.13. The van der Waals surface area contributed by atoms with E-state index in [0.29, 0.717) is 0 Å². The summed E-state index contributed by atoms with van der Waals surface area (Å²) in [6.45, 7) is 5.44. The van der Waals surface area contributed by atoms with Gasteiger partial charge in [-0.05, 0) is 20.3 Å². The highest BCUT2D eigenvalue weighted by molar-refractivity contribution is 6.19. The number of alkyl halides is 1. The molecule has 4 heteroatoms. The van der Waals surface area contributed by atoms with Crippen molar-refractivity contribution < 1.29 is 9.90 Å². The second kappa shape index (κ2) is 5.45. The number of nitrogens with one attached hydrogen (secondary N) is 1. The first kappa shape index (κ1) is 12.7. The maximum atomic E-state index is 11.5. The van der Waals surface area contributed by atoms with Crippen LogP contribution in [0.2, 0.25) is 0 Å². The van der Waals surface area contributed by atoms with Crippen LogP contribution in [0, 0.1) is 5.41 Å². The number of halogens is 1. The van der Waals surface area contributed by atoms with Crippen molar-refractivity contribution in [1.82, 2.24) is 5.32 Å². The third kappa shape index (κ3) is 3.96. The van der Waals surface area contributed by atoms with Crippen molar-refractivity contribution in [3.05, 3.63) is 0 Å². The fraction of sp³-hybridized carbons (Fsp3) is 0.889. The van der Waals surface area contributed by atoms with E-state index in [-0.39, 0.29) is 24.4 Å². The number of rotatable bonds is 5. The van der Waals surface area contributed by atoms with E-state index in [0.717, 1.165) is 6.42 Å². The maximum Gasteiger partial charge on any atom is 0.227 e. The van der Waals surface area contributed by atoms with Gasteiger partial charge in [-0.25, -0.2) is 0 Å². The monoisotopic (exact) mass is 207 g/mol. The largest absolute Gasteiger partial charge is 0.394 e. The minimum absolute atomic E-state index is 0.0272. The second-order valence-electron chi connectivity index (χ2n) is 3.78. The first-order valence-corrected chi connectivity index (χ1v) is 4.99. The predicted octanol–water partition coefficient (Wildman–Crippen LogP) is 1.14. The Hall–Kier alpha value is -0.280. The van der Waals surface area contributed by atoms with Crippen LogP contribution in [0.5, 0.6) is 0 Å². The summed E-state index contributed by atoms with van der Waals surface area (Å²) in [5.74, 6) is 0.171. The van der Waals surface area contributed by atoms with E-state index in [1.54, 1.807) is 13.8 Å². The number of aliphatic hydroxyl groups is 1. The fourth-order valence-electron chi connectivity index (χ4n) is 0.718. The van der Waals surface area contributed by atoms with Gasteiger partial charge in [0.05, 0.1) is 18.1 Å². The van der Waals surface area contributed by atoms with Crippen molar-refractivity contribution >= 4 is 17.5 Å². The Morgan fingerprint density at radius 2 is 2.15 bits per heavy atom. The molecule has 3 nitrogen and oxygen atoms in total. The van der Waals surface area contributed by atoms with Crippen molar-refractivity contribution in [2.24, 2.45) is 5.41 Å². The van der Waals surface area contributed by atoms with E-state index >= 15 is 0 Å². The number of aliphatic hydroxyl groups excluding tert-OH is 1. The van der Waals surface area contributed by atoms with Gasteiger partial charge in [-0.3, -0.25) is 4.79 Å². The summed E-state index contributed by atoms with van der Waals surface area (Å²) in [5, 5.41) is 11.6. The van der Waals surface area contributed by atoms with Gasteiger partial charge in [0.1, 0.15) is 0 Å². The Morgan fingerprint density at radius 3 is 2.46 bits per heavy atom. The molecule has 1 unspecified atom stereocenters. The smallest absolute Gasteiger partial charge is 0.227 e. The molecule has 0 rings (SSSR count). The summed E-state index contributed by atoms with van der Waals surface area (Å²) >= 11 is 5.63. The number of carbonyl (C=O) groups excluding carboxylic acids is 1. The van der Waals surface area contributed by atoms with Crippen molar-refractivity contribution in [2.75, 3.05) is 12.5 Å². The van der Waals surface area contributed by atoms with Crippen LogP contribution in [-0.4, -0.2) is 29.5 Å². The molecule has 13 heavy (non-hydrogen) atoms. The fourth-order valence-corrected chi connectivity index (χ4v) is 0.840. The minimum Gasteiger partial charge on any atom is -0.394 e. The first-order valence-electron chi connectivity index (χ1n) is 4.45. The highest BCUT2D eigenvalue weighted by Gasteiger charge is 2.27. The third-order valence-corrected chi connectivity index (χ3v) is 2.67.